The molecular formula is C17H23NO6. The van der Waals surface area contributed by atoms with Gasteiger partial charge in [0.25, 0.3) is 0 Å². The Morgan fingerprint density at radius 3 is 2.67 bits per heavy atom. The van der Waals surface area contributed by atoms with Crippen molar-refractivity contribution >= 4 is 12.1 Å². The van der Waals surface area contributed by atoms with Crippen LogP contribution in [0.1, 0.15) is 33.3 Å². The molecule has 0 spiro atoms. The molecule has 0 bridgehead atoms. The normalized spacial score (nSPS) is 14.0. The number of rotatable bonds is 5. The second kappa shape index (κ2) is 7.42. The molecule has 1 aliphatic heterocycles. The molecule has 0 saturated carbocycles. The number of fused-ring (bicyclic) bond motifs is 1. The predicted molar refractivity (Wildman–Crippen MR) is 86.1 cm³/mol. The average molecular weight is 337 g/mol. The minimum atomic E-state index is -0.650. The maximum absolute atomic E-state index is 11.8. The summed E-state index contributed by atoms with van der Waals surface area (Å²) in [6.45, 7) is 7.02. The number of ether oxygens (including phenoxy) is 4. The lowest BCUT2D eigenvalue weighted by atomic mass is 10.1. The van der Waals surface area contributed by atoms with Gasteiger partial charge in [0.05, 0.1) is 0 Å². The van der Waals surface area contributed by atoms with Crippen LogP contribution < -0.4 is 14.8 Å². The van der Waals surface area contributed by atoms with Crippen LogP contribution in [0.2, 0.25) is 0 Å². The van der Waals surface area contributed by atoms with Gasteiger partial charge in [-0.3, -0.25) is 4.79 Å². The molecule has 0 aliphatic carbocycles. The van der Waals surface area contributed by atoms with E-state index in [1.54, 1.807) is 27.7 Å². The molecule has 24 heavy (non-hydrogen) atoms. The van der Waals surface area contributed by atoms with Crippen molar-refractivity contribution in [2.24, 2.45) is 0 Å². The molecule has 2 rings (SSSR count). The molecule has 1 N–H and O–H groups in total. The zero-order valence-electron chi connectivity index (χ0n) is 14.4. The minimum absolute atomic E-state index is 0.222. The van der Waals surface area contributed by atoms with E-state index in [0.717, 1.165) is 5.56 Å². The summed E-state index contributed by atoms with van der Waals surface area (Å²) in [5, 5.41) is 2.37. The van der Waals surface area contributed by atoms with E-state index in [4.69, 9.17) is 18.9 Å². The molecule has 1 heterocycles. The lowest BCUT2D eigenvalue weighted by molar-refractivity contribution is -0.147. The van der Waals surface area contributed by atoms with Gasteiger partial charge in [-0.15, -0.1) is 0 Å². The van der Waals surface area contributed by atoms with E-state index in [1.165, 1.54) is 0 Å². The highest BCUT2D eigenvalue weighted by molar-refractivity contribution is 5.78. The highest BCUT2D eigenvalue weighted by Crippen LogP contribution is 2.32. The first kappa shape index (κ1) is 17.9. The number of hydrogen-bond acceptors (Lipinski definition) is 6. The van der Waals surface area contributed by atoms with Gasteiger partial charge in [0.15, 0.2) is 11.5 Å². The lowest BCUT2D eigenvalue weighted by Gasteiger charge is -2.19. The molecule has 1 aromatic carbocycles. The van der Waals surface area contributed by atoms with Crippen LogP contribution in [-0.4, -0.2) is 37.1 Å². The third-order valence-electron chi connectivity index (χ3n) is 3.07. The minimum Gasteiger partial charge on any atom is -0.461 e. The average Bonchev–Trinajstić information content (AvgIpc) is 2.90. The van der Waals surface area contributed by atoms with Crippen molar-refractivity contribution in [3.63, 3.8) is 0 Å². The Balaban J connectivity index is 1.74. The number of amides is 1. The van der Waals surface area contributed by atoms with Gasteiger partial charge in [-0.25, -0.2) is 4.79 Å². The number of nitrogens with one attached hydrogen (secondary N) is 1. The number of alkyl carbamates (subject to hydrolysis) is 1. The summed E-state index contributed by atoms with van der Waals surface area (Å²) < 4.78 is 20.9. The summed E-state index contributed by atoms with van der Waals surface area (Å²) >= 11 is 0. The summed E-state index contributed by atoms with van der Waals surface area (Å²) in [5.41, 5.74) is 0.361. The largest absolute Gasteiger partial charge is 0.461 e. The fourth-order valence-corrected chi connectivity index (χ4v) is 2.17. The zero-order chi connectivity index (χ0) is 17.7. The molecule has 0 aromatic heterocycles. The van der Waals surface area contributed by atoms with E-state index in [2.05, 4.69) is 5.32 Å². The Morgan fingerprint density at radius 1 is 1.25 bits per heavy atom. The van der Waals surface area contributed by atoms with Crippen molar-refractivity contribution in [2.45, 2.75) is 45.8 Å². The molecule has 0 saturated heterocycles. The van der Waals surface area contributed by atoms with Crippen LogP contribution >= 0.6 is 0 Å². The number of hydrogen-bond donors (Lipinski definition) is 1. The number of esters is 1. The Hall–Kier alpha value is -2.44. The van der Waals surface area contributed by atoms with Gasteiger partial charge in [-0.05, 0) is 45.4 Å². The molecule has 1 unspecified atom stereocenters. The monoisotopic (exact) mass is 337 g/mol. The van der Waals surface area contributed by atoms with Crippen LogP contribution in [0.5, 0.6) is 11.5 Å². The van der Waals surface area contributed by atoms with E-state index in [1.807, 2.05) is 18.2 Å². The molecule has 7 nitrogen and oxygen atoms in total. The standard InChI is InChI=1S/C17H23NO6/c1-11(7-12-5-6-13-14(8-12)22-10-21-13)23-15(19)9-18-16(20)24-17(2,3)4/h5-6,8,11H,7,9-10H2,1-4H3,(H,18,20). The van der Waals surface area contributed by atoms with E-state index >= 15 is 0 Å². The zero-order valence-corrected chi connectivity index (χ0v) is 14.4. The van der Waals surface area contributed by atoms with Crippen LogP contribution in [0.15, 0.2) is 18.2 Å². The maximum Gasteiger partial charge on any atom is 0.408 e. The summed E-state index contributed by atoms with van der Waals surface area (Å²) in [6, 6.07) is 5.60. The quantitative estimate of drug-likeness (QED) is 0.831. The lowest BCUT2D eigenvalue weighted by Crippen LogP contribution is -2.36. The molecule has 7 heteroatoms. The van der Waals surface area contributed by atoms with E-state index in [-0.39, 0.29) is 19.4 Å². The van der Waals surface area contributed by atoms with Gasteiger partial charge in [0.1, 0.15) is 18.2 Å². The summed E-state index contributed by atoms with van der Waals surface area (Å²) in [7, 11) is 0. The molecule has 0 fully saturated rings. The summed E-state index contributed by atoms with van der Waals surface area (Å²) in [5.74, 6) is 0.886. The molecule has 1 atom stereocenters. The highest BCUT2D eigenvalue weighted by Gasteiger charge is 2.18. The van der Waals surface area contributed by atoms with E-state index in [9.17, 15) is 9.59 Å². The van der Waals surface area contributed by atoms with Gasteiger partial charge in [0.2, 0.25) is 6.79 Å². The highest BCUT2D eigenvalue weighted by atomic mass is 16.7. The van der Waals surface area contributed by atoms with Crippen molar-refractivity contribution in [3.05, 3.63) is 23.8 Å². The Bertz CT molecular complexity index is 608. The fraction of sp³-hybridized carbons (Fsp3) is 0.529. The molecule has 1 aromatic rings. The smallest absolute Gasteiger partial charge is 0.408 e. The van der Waals surface area contributed by atoms with Crippen molar-refractivity contribution in [1.29, 1.82) is 0 Å². The first-order chi connectivity index (χ1) is 11.2. The number of carbonyl (C=O) groups excluding carboxylic acids is 2. The Labute approximate surface area is 141 Å². The van der Waals surface area contributed by atoms with Crippen LogP contribution in [0.4, 0.5) is 4.79 Å². The fourth-order valence-electron chi connectivity index (χ4n) is 2.17. The molecular weight excluding hydrogens is 314 g/mol. The van der Waals surface area contributed by atoms with Crippen LogP contribution in [-0.2, 0) is 20.7 Å². The molecule has 132 valence electrons. The molecule has 1 aliphatic rings. The van der Waals surface area contributed by atoms with Gasteiger partial charge in [-0.2, -0.15) is 0 Å². The van der Waals surface area contributed by atoms with Crippen molar-refractivity contribution in [2.75, 3.05) is 13.3 Å². The third-order valence-corrected chi connectivity index (χ3v) is 3.07. The van der Waals surface area contributed by atoms with Crippen molar-refractivity contribution in [3.8, 4) is 11.5 Å². The second-order valence-electron chi connectivity index (χ2n) is 6.55. The second-order valence-corrected chi connectivity index (χ2v) is 6.55. The van der Waals surface area contributed by atoms with Gasteiger partial charge < -0.3 is 24.3 Å². The van der Waals surface area contributed by atoms with Crippen LogP contribution in [0.25, 0.3) is 0 Å². The summed E-state index contributed by atoms with van der Waals surface area (Å²) in [6.07, 6.45) is -0.448. The van der Waals surface area contributed by atoms with Crippen molar-refractivity contribution in [1.82, 2.24) is 5.32 Å². The number of carbonyl (C=O) groups is 2. The first-order valence-electron chi connectivity index (χ1n) is 7.78. The topological polar surface area (TPSA) is 83.1 Å². The summed E-state index contributed by atoms with van der Waals surface area (Å²) in [4.78, 5) is 23.2. The Kier molecular flexibility index (Phi) is 5.54. The van der Waals surface area contributed by atoms with Gasteiger partial charge in [-0.1, -0.05) is 6.07 Å². The van der Waals surface area contributed by atoms with Gasteiger partial charge >= 0.3 is 12.1 Å². The van der Waals surface area contributed by atoms with Crippen LogP contribution in [0.3, 0.4) is 0 Å². The third kappa shape index (κ3) is 5.64. The SMILES string of the molecule is CC(Cc1ccc2c(c1)OCO2)OC(=O)CNC(=O)OC(C)(C)C. The van der Waals surface area contributed by atoms with E-state index in [0.29, 0.717) is 17.9 Å². The molecule has 1 amide bonds. The van der Waals surface area contributed by atoms with Crippen molar-refractivity contribution < 1.29 is 28.5 Å². The number of benzene rings is 1. The predicted octanol–water partition coefficient (Wildman–Crippen LogP) is 2.41. The van der Waals surface area contributed by atoms with Gasteiger partial charge in [0, 0.05) is 6.42 Å². The van der Waals surface area contributed by atoms with Crippen LogP contribution in [0, 0.1) is 0 Å². The maximum atomic E-state index is 11.8. The first-order valence-corrected chi connectivity index (χ1v) is 7.78. The Morgan fingerprint density at radius 2 is 1.96 bits per heavy atom. The molecule has 0 radical (unpaired) electrons. The van der Waals surface area contributed by atoms with E-state index < -0.39 is 17.7 Å².